The quantitative estimate of drug-likeness (QED) is 0.394. The Bertz CT molecular complexity index is 912. The Morgan fingerprint density at radius 3 is 2.13 bits per heavy atom. The van der Waals surface area contributed by atoms with Crippen LogP contribution in [0.4, 0.5) is 28.4 Å². The molecule has 0 bridgehead atoms. The van der Waals surface area contributed by atoms with Crippen LogP contribution in [0.2, 0.25) is 0 Å². The lowest BCUT2D eigenvalue weighted by Gasteiger charge is -2.27. The van der Waals surface area contributed by atoms with E-state index < -0.39 is 0 Å². The smallest absolute Gasteiger partial charge is 0.110 e. The van der Waals surface area contributed by atoms with Gasteiger partial charge in [0.05, 0.1) is 11.4 Å². The number of hydrogen-bond donors (Lipinski definition) is 0. The number of benzene rings is 3. The highest BCUT2D eigenvalue weighted by molar-refractivity contribution is 5.89. The standard InChI is InChI=1S/C20H17N3/c1-14-11-12-20-17(13-14)22-21-16-8-4-6-10-19(16)23(20)18-9-5-3-7-15(18)2/h3-13H,1-2H3. The van der Waals surface area contributed by atoms with E-state index in [1.807, 2.05) is 18.2 Å². The van der Waals surface area contributed by atoms with Gasteiger partial charge in [-0.3, -0.25) is 0 Å². The van der Waals surface area contributed by atoms with Crippen LogP contribution in [-0.2, 0) is 0 Å². The van der Waals surface area contributed by atoms with Crippen molar-refractivity contribution in [3.8, 4) is 0 Å². The fraction of sp³-hybridized carbons (Fsp3) is 0.100. The van der Waals surface area contributed by atoms with Crippen LogP contribution in [0.3, 0.4) is 0 Å². The number of para-hydroxylation sites is 2. The first-order chi connectivity index (χ1) is 11.2. The molecule has 4 rings (SSSR count). The fourth-order valence-electron chi connectivity index (χ4n) is 2.95. The second-order valence-corrected chi connectivity index (χ2v) is 5.80. The summed E-state index contributed by atoms with van der Waals surface area (Å²) in [5, 5.41) is 8.94. The van der Waals surface area contributed by atoms with Crippen molar-refractivity contribution in [1.82, 2.24) is 0 Å². The molecule has 23 heavy (non-hydrogen) atoms. The molecule has 0 aromatic heterocycles. The maximum absolute atomic E-state index is 4.48. The number of nitrogens with zero attached hydrogens (tertiary/aromatic N) is 3. The average Bonchev–Trinajstić information content (AvgIpc) is 2.72. The molecule has 0 fully saturated rings. The summed E-state index contributed by atoms with van der Waals surface area (Å²) in [4.78, 5) is 2.25. The second kappa shape index (κ2) is 5.36. The van der Waals surface area contributed by atoms with Gasteiger partial charge in [0.1, 0.15) is 11.4 Å². The Kier molecular flexibility index (Phi) is 3.19. The molecule has 1 heterocycles. The van der Waals surface area contributed by atoms with Gasteiger partial charge >= 0.3 is 0 Å². The topological polar surface area (TPSA) is 28.0 Å². The van der Waals surface area contributed by atoms with E-state index in [1.165, 1.54) is 11.1 Å². The molecule has 0 N–H and O–H groups in total. The molecule has 0 radical (unpaired) electrons. The predicted octanol–water partition coefficient (Wildman–Crippen LogP) is 6.50. The number of hydrogen-bond acceptors (Lipinski definition) is 3. The zero-order chi connectivity index (χ0) is 15.8. The molecule has 3 aromatic rings. The molecule has 0 saturated carbocycles. The van der Waals surface area contributed by atoms with Crippen molar-refractivity contribution in [3.63, 3.8) is 0 Å². The normalized spacial score (nSPS) is 12.5. The summed E-state index contributed by atoms with van der Waals surface area (Å²) in [5.41, 5.74) is 7.42. The minimum Gasteiger partial charge on any atom is -0.306 e. The van der Waals surface area contributed by atoms with Crippen LogP contribution in [0.5, 0.6) is 0 Å². The van der Waals surface area contributed by atoms with Crippen LogP contribution < -0.4 is 4.90 Å². The first-order valence-corrected chi connectivity index (χ1v) is 7.71. The Balaban J connectivity index is 2.04. The highest BCUT2D eigenvalue weighted by atomic mass is 15.2. The van der Waals surface area contributed by atoms with E-state index in [1.54, 1.807) is 0 Å². The van der Waals surface area contributed by atoms with E-state index in [0.717, 1.165) is 28.4 Å². The molecule has 112 valence electrons. The highest BCUT2D eigenvalue weighted by Gasteiger charge is 2.22. The Morgan fingerprint density at radius 1 is 0.652 bits per heavy atom. The van der Waals surface area contributed by atoms with E-state index in [2.05, 4.69) is 77.5 Å². The van der Waals surface area contributed by atoms with Gasteiger partial charge in [0, 0.05) is 5.69 Å². The van der Waals surface area contributed by atoms with Gasteiger partial charge in [-0.1, -0.05) is 36.4 Å². The van der Waals surface area contributed by atoms with Crippen LogP contribution >= 0.6 is 0 Å². The lowest BCUT2D eigenvalue weighted by molar-refractivity contribution is 1.24. The number of anilines is 3. The van der Waals surface area contributed by atoms with Crippen molar-refractivity contribution in [2.24, 2.45) is 10.2 Å². The lowest BCUT2D eigenvalue weighted by atomic mass is 10.1. The number of aryl methyl sites for hydroxylation is 2. The van der Waals surface area contributed by atoms with Gasteiger partial charge in [-0.15, -0.1) is 10.2 Å². The highest BCUT2D eigenvalue weighted by Crippen LogP contribution is 2.47. The first kappa shape index (κ1) is 13.7. The third-order valence-corrected chi connectivity index (χ3v) is 4.12. The Morgan fingerprint density at radius 2 is 1.30 bits per heavy atom. The van der Waals surface area contributed by atoms with Gasteiger partial charge in [-0.2, -0.15) is 0 Å². The van der Waals surface area contributed by atoms with Gasteiger partial charge in [0.2, 0.25) is 0 Å². The number of azo groups is 1. The third kappa shape index (κ3) is 2.30. The molecule has 0 saturated heterocycles. The van der Waals surface area contributed by atoms with E-state index >= 15 is 0 Å². The van der Waals surface area contributed by atoms with Crippen LogP contribution in [-0.4, -0.2) is 0 Å². The van der Waals surface area contributed by atoms with Gasteiger partial charge in [0.15, 0.2) is 0 Å². The molecular formula is C20H17N3. The largest absolute Gasteiger partial charge is 0.306 e. The van der Waals surface area contributed by atoms with Crippen molar-refractivity contribution in [3.05, 3.63) is 77.9 Å². The summed E-state index contributed by atoms with van der Waals surface area (Å²) in [7, 11) is 0. The summed E-state index contributed by atoms with van der Waals surface area (Å²) in [6.07, 6.45) is 0. The minimum atomic E-state index is 0.879. The van der Waals surface area contributed by atoms with Crippen molar-refractivity contribution < 1.29 is 0 Å². The van der Waals surface area contributed by atoms with Gasteiger partial charge in [0.25, 0.3) is 0 Å². The van der Waals surface area contributed by atoms with E-state index in [4.69, 9.17) is 0 Å². The molecule has 0 spiro atoms. The molecule has 0 amide bonds. The lowest BCUT2D eigenvalue weighted by Crippen LogP contribution is -2.11. The van der Waals surface area contributed by atoms with Crippen molar-refractivity contribution in [2.45, 2.75) is 13.8 Å². The van der Waals surface area contributed by atoms with E-state index in [-0.39, 0.29) is 0 Å². The summed E-state index contributed by atoms with van der Waals surface area (Å²) in [5.74, 6) is 0. The zero-order valence-corrected chi connectivity index (χ0v) is 13.2. The second-order valence-electron chi connectivity index (χ2n) is 5.80. The predicted molar refractivity (Wildman–Crippen MR) is 94.8 cm³/mol. The maximum Gasteiger partial charge on any atom is 0.110 e. The maximum atomic E-state index is 4.48. The summed E-state index contributed by atoms with van der Waals surface area (Å²) < 4.78 is 0. The molecule has 3 nitrogen and oxygen atoms in total. The van der Waals surface area contributed by atoms with Crippen LogP contribution in [0.1, 0.15) is 11.1 Å². The third-order valence-electron chi connectivity index (χ3n) is 4.12. The minimum absolute atomic E-state index is 0.879. The molecule has 0 unspecified atom stereocenters. The van der Waals surface area contributed by atoms with Crippen molar-refractivity contribution >= 4 is 28.4 Å². The summed E-state index contributed by atoms with van der Waals surface area (Å²) in [6, 6.07) is 22.9. The van der Waals surface area contributed by atoms with Gasteiger partial charge < -0.3 is 4.90 Å². The van der Waals surface area contributed by atoms with Crippen LogP contribution in [0.15, 0.2) is 77.0 Å². The average molecular weight is 299 g/mol. The number of rotatable bonds is 1. The molecule has 0 atom stereocenters. The molecular weight excluding hydrogens is 282 g/mol. The zero-order valence-electron chi connectivity index (χ0n) is 13.2. The molecule has 1 aliphatic heterocycles. The Hall–Kier alpha value is -2.94. The monoisotopic (exact) mass is 299 g/mol. The van der Waals surface area contributed by atoms with E-state index in [9.17, 15) is 0 Å². The van der Waals surface area contributed by atoms with Gasteiger partial charge in [-0.25, -0.2) is 0 Å². The Labute approximate surface area is 135 Å². The molecule has 3 heteroatoms. The van der Waals surface area contributed by atoms with Crippen molar-refractivity contribution in [2.75, 3.05) is 4.90 Å². The molecule has 0 aliphatic carbocycles. The SMILES string of the molecule is Cc1ccc2c(c1)N=Nc1ccccc1N2c1ccccc1C. The molecule has 1 aliphatic rings. The van der Waals surface area contributed by atoms with Crippen LogP contribution in [0, 0.1) is 13.8 Å². The molecule has 3 aromatic carbocycles. The summed E-state index contributed by atoms with van der Waals surface area (Å²) in [6.45, 7) is 4.21. The van der Waals surface area contributed by atoms with Crippen molar-refractivity contribution in [1.29, 1.82) is 0 Å². The first-order valence-electron chi connectivity index (χ1n) is 7.71. The summed E-state index contributed by atoms with van der Waals surface area (Å²) >= 11 is 0. The number of fused-ring (bicyclic) bond motifs is 2. The van der Waals surface area contributed by atoms with E-state index in [0.29, 0.717) is 0 Å². The fourth-order valence-corrected chi connectivity index (χ4v) is 2.95. The van der Waals surface area contributed by atoms with Crippen LogP contribution in [0.25, 0.3) is 0 Å². The van der Waals surface area contributed by atoms with Gasteiger partial charge in [-0.05, 0) is 55.3 Å².